The van der Waals surface area contributed by atoms with Crippen LogP contribution >= 0.6 is 27.3 Å². The van der Waals surface area contributed by atoms with Crippen molar-refractivity contribution in [2.45, 2.75) is 20.0 Å². The molecule has 0 amide bonds. The van der Waals surface area contributed by atoms with Gasteiger partial charge in [-0.15, -0.1) is 11.3 Å². The first-order valence-electron chi connectivity index (χ1n) is 3.04. The lowest BCUT2D eigenvalue weighted by Gasteiger charge is -1.99. The quantitative estimate of drug-likeness (QED) is 0.773. The molecule has 0 aliphatic heterocycles. The van der Waals surface area contributed by atoms with Crippen molar-refractivity contribution in [1.29, 1.82) is 0 Å². The molecule has 0 spiro atoms. The summed E-state index contributed by atoms with van der Waals surface area (Å²) in [5.74, 6) is 0. The lowest BCUT2D eigenvalue weighted by Crippen LogP contribution is -1.86. The Morgan fingerprint density at radius 1 is 1.70 bits per heavy atom. The van der Waals surface area contributed by atoms with Gasteiger partial charge in [0.15, 0.2) is 0 Å². The van der Waals surface area contributed by atoms with Gasteiger partial charge in [0.05, 0.1) is 6.10 Å². The zero-order valence-electron chi connectivity index (χ0n) is 5.89. The highest BCUT2D eigenvalue weighted by Crippen LogP contribution is 2.32. The Labute approximate surface area is 72.8 Å². The summed E-state index contributed by atoms with van der Waals surface area (Å²) in [6, 6.07) is 0. The molecule has 1 nitrogen and oxygen atoms in total. The van der Waals surface area contributed by atoms with Crippen LogP contribution in [0.15, 0.2) is 9.85 Å². The SMILES string of the molecule is Cc1csc([C@H](C)O)c1Br. The Balaban J connectivity index is 3.05. The molecule has 0 aliphatic rings. The highest BCUT2D eigenvalue weighted by molar-refractivity contribution is 9.10. The molecule has 1 atom stereocenters. The lowest BCUT2D eigenvalue weighted by molar-refractivity contribution is 0.202. The van der Waals surface area contributed by atoms with Crippen molar-refractivity contribution in [3.05, 3.63) is 20.3 Å². The number of hydrogen-bond acceptors (Lipinski definition) is 2. The van der Waals surface area contributed by atoms with Crippen molar-refractivity contribution in [2.24, 2.45) is 0 Å². The molecule has 56 valence electrons. The van der Waals surface area contributed by atoms with E-state index in [0.717, 1.165) is 9.35 Å². The molecule has 3 heteroatoms. The maximum atomic E-state index is 9.20. The molecule has 0 saturated heterocycles. The van der Waals surface area contributed by atoms with E-state index in [9.17, 15) is 5.11 Å². The number of aliphatic hydroxyl groups excluding tert-OH is 1. The summed E-state index contributed by atoms with van der Waals surface area (Å²) in [7, 11) is 0. The smallest absolute Gasteiger partial charge is 0.0865 e. The van der Waals surface area contributed by atoms with Crippen LogP contribution in [0.4, 0.5) is 0 Å². The molecule has 0 saturated carbocycles. The average molecular weight is 221 g/mol. The third-order valence-electron chi connectivity index (χ3n) is 1.30. The van der Waals surface area contributed by atoms with Gasteiger partial charge < -0.3 is 5.11 Å². The van der Waals surface area contributed by atoms with E-state index in [-0.39, 0.29) is 6.10 Å². The molecule has 0 unspecified atom stereocenters. The van der Waals surface area contributed by atoms with Crippen LogP contribution in [-0.2, 0) is 0 Å². The molecule has 0 aliphatic carbocycles. The number of hydrogen-bond donors (Lipinski definition) is 1. The normalized spacial score (nSPS) is 13.6. The van der Waals surface area contributed by atoms with Gasteiger partial charge in [-0.25, -0.2) is 0 Å². The topological polar surface area (TPSA) is 20.2 Å². The fourth-order valence-corrected chi connectivity index (χ4v) is 2.49. The number of thiophene rings is 1. The van der Waals surface area contributed by atoms with E-state index in [0.29, 0.717) is 0 Å². The molecule has 1 aromatic rings. The number of rotatable bonds is 1. The molecule has 1 heterocycles. The van der Waals surface area contributed by atoms with Gasteiger partial charge in [0.25, 0.3) is 0 Å². The third kappa shape index (κ3) is 1.41. The van der Waals surface area contributed by atoms with Crippen LogP contribution in [0.2, 0.25) is 0 Å². The second kappa shape index (κ2) is 3.03. The molecule has 10 heavy (non-hydrogen) atoms. The van der Waals surface area contributed by atoms with E-state index in [1.54, 1.807) is 18.3 Å². The Morgan fingerprint density at radius 3 is 2.50 bits per heavy atom. The van der Waals surface area contributed by atoms with Gasteiger partial charge in [0, 0.05) is 9.35 Å². The molecule has 0 radical (unpaired) electrons. The standard InChI is InChI=1S/C7H9BrOS/c1-4-3-10-7(5(2)9)6(4)8/h3,5,9H,1-2H3/t5-/m0/s1. The van der Waals surface area contributed by atoms with E-state index in [4.69, 9.17) is 0 Å². The zero-order chi connectivity index (χ0) is 7.72. The third-order valence-corrected chi connectivity index (χ3v) is 3.89. The van der Waals surface area contributed by atoms with E-state index in [1.807, 2.05) is 12.3 Å². The molecular formula is C7H9BrOS. The summed E-state index contributed by atoms with van der Waals surface area (Å²) < 4.78 is 1.05. The molecule has 1 rings (SSSR count). The number of aliphatic hydroxyl groups is 1. The van der Waals surface area contributed by atoms with Gasteiger partial charge in [-0.1, -0.05) is 0 Å². The van der Waals surface area contributed by atoms with E-state index in [1.165, 1.54) is 5.56 Å². The molecule has 0 aromatic carbocycles. The second-order valence-electron chi connectivity index (χ2n) is 2.27. The van der Waals surface area contributed by atoms with Crippen molar-refractivity contribution in [3.8, 4) is 0 Å². The van der Waals surface area contributed by atoms with Crippen molar-refractivity contribution >= 4 is 27.3 Å². The molecular weight excluding hydrogens is 212 g/mol. The zero-order valence-corrected chi connectivity index (χ0v) is 8.29. The second-order valence-corrected chi connectivity index (χ2v) is 3.98. The summed E-state index contributed by atoms with van der Waals surface area (Å²) in [6.07, 6.45) is -0.354. The summed E-state index contributed by atoms with van der Waals surface area (Å²) >= 11 is 4.99. The minimum absolute atomic E-state index is 0.354. The number of aryl methyl sites for hydroxylation is 1. The summed E-state index contributed by atoms with van der Waals surface area (Å²) in [5.41, 5.74) is 1.20. The highest BCUT2D eigenvalue weighted by Gasteiger charge is 2.09. The fourth-order valence-electron chi connectivity index (χ4n) is 0.732. The van der Waals surface area contributed by atoms with Gasteiger partial charge in [0.1, 0.15) is 0 Å². The minimum atomic E-state index is -0.354. The van der Waals surface area contributed by atoms with Crippen LogP contribution in [0, 0.1) is 6.92 Å². The minimum Gasteiger partial charge on any atom is -0.388 e. The first-order valence-corrected chi connectivity index (χ1v) is 4.71. The van der Waals surface area contributed by atoms with Gasteiger partial charge >= 0.3 is 0 Å². The Morgan fingerprint density at radius 2 is 2.30 bits per heavy atom. The van der Waals surface area contributed by atoms with Gasteiger partial charge in [-0.3, -0.25) is 0 Å². The first-order chi connectivity index (χ1) is 4.63. The highest BCUT2D eigenvalue weighted by atomic mass is 79.9. The van der Waals surface area contributed by atoms with E-state index >= 15 is 0 Å². The first kappa shape index (κ1) is 8.24. The van der Waals surface area contributed by atoms with Crippen LogP contribution < -0.4 is 0 Å². The maximum Gasteiger partial charge on any atom is 0.0865 e. The molecule has 1 aromatic heterocycles. The van der Waals surface area contributed by atoms with Crippen molar-refractivity contribution in [2.75, 3.05) is 0 Å². The largest absolute Gasteiger partial charge is 0.388 e. The predicted octanol–water partition coefficient (Wildman–Crippen LogP) is 2.87. The fraction of sp³-hybridized carbons (Fsp3) is 0.429. The lowest BCUT2D eigenvalue weighted by atomic mass is 10.3. The van der Waals surface area contributed by atoms with Crippen LogP contribution in [0.1, 0.15) is 23.5 Å². The monoisotopic (exact) mass is 220 g/mol. The van der Waals surface area contributed by atoms with Crippen LogP contribution in [0.3, 0.4) is 0 Å². The Bertz CT molecular complexity index is 230. The molecule has 1 N–H and O–H groups in total. The van der Waals surface area contributed by atoms with Crippen LogP contribution in [-0.4, -0.2) is 5.11 Å². The van der Waals surface area contributed by atoms with E-state index in [2.05, 4.69) is 15.9 Å². The van der Waals surface area contributed by atoms with Crippen molar-refractivity contribution < 1.29 is 5.11 Å². The van der Waals surface area contributed by atoms with Crippen molar-refractivity contribution in [3.63, 3.8) is 0 Å². The summed E-state index contributed by atoms with van der Waals surface area (Å²) in [6.45, 7) is 3.79. The summed E-state index contributed by atoms with van der Waals surface area (Å²) in [5, 5.41) is 11.2. The molecule has 0 fully saturated rings. The maximum absolute atomic E-state index is 9.20. The number of halogens is 1. The average Bonchev–Trinajstić information content (AvgIpc) is 2.14. The van der Waals surface area contributed by atoms with Crippen molar-refractivity contribution in [1.82, 2.24) is 0 Å². The molecule has 0 bridgehead atoms. The van der Waals surface area contributed by atoms with Gasteiger partial charge in [-0.05, 0) is 40.7 Å². The van der Waals surface area contributed by atoms with Crippen LogP contribution in [0.25, 0.3) is 0 Å². The predicted molar refractivity (Wildman–Crippen MR) is 47.4 cm³/mol. The van der Waals surface area contributed by atoms with Gasteiger partial charge in [0.2, 0.25) is 0 Å². The van der Waals surface area contributed by atoms with E-state index < -0.39 is 0 Å². The Hall–Kier alpha value is 0.140. The van der Waals surface area contributed by atoms with Crippen LogP contribution in [0.5, 0.6) is 0 Å². The Kier molecular flexibility index (Phi) is 2.50. The summed E-state index contributed by atoms with van der Waals surface area (Å²) in [4.78, 5) is 1.01. The van der Waals surface area contributed by atoms with Gasteiger partial charge in [-0.2, -0.15) is 0 Å².